The van der Waals surface area contributed by atoms with Crippen LogP contribution >= 0.6 is 11.6 Å². The van der Waals surface area contributed by atoms with Gasteiger partial charge < -0.3 is 10.1 Å². The number of fused-ring (bicyclic) bond motifs is 1. The number of nitrogens with zero attached hydrogens (tertiary/aromatic N) is 1. The summed E-state index contributed by atoms with van der Waals surface area (Å²) in [6.07, 6.45) is -1.15. The van der Waals surface area contributed by atoms with Gasteiger partial charge in [0, 0.05) is 21.7 Å². The molecule has 0 spiro atoms. The number of nitrogens with one attached hydrogen (secondary N) is 1. The third-order valence-electron chi connectivity index (χ3n) is 4.81. The lowest BCUT2D eigenvalue weighted by atomic mass is 10.1. The second kappa shape index (κ2) is 8.98. The van der Waals surface area contributed by atoms with Crippen molar-refractivity contribution in [3.8, 4) is 0 Å². The van der Waals surface area contributed by atoms with E-state index >= 15 is 0 Å². The van der Waals surface area contributed by atoms with Crippen LogP contribution in [-0.4, -0.2) is 16.9 Å². The second-order valence-corrected chi connectivity index (χ2v) is 7.45. The van der Waals surface area contributed by atoms with Crippen molar-refractivity contribution in [1.29, 1.82) is 0 Å². The molecule has 1 heterocycles. The van der Waals surface area contributed by atoms with Crippen LogP contribution in [0.25, 0.3) is 10.9 Å². The zero-order valence-electron chi connectivity index (χ0n) is 16.7. The molecule has 4 aromatic rings. The minimum Gasteiger partial charge on any atom is -0.443 e. The molecule has 3 aromatic carbocycles. The van der Waals surface area contributed by atoms with Gasteiger partial charge in [-0.25, -0.2) is 9.78 Å². The standard InChI is InChI=1S/C25H19ClN2O3/c1-16-11-13-19(15-20(16)26)27-24(29)23(18-8-3-2-4-9-18)31-25(30)22-14-12-17-7-5-6-10-21(17)28-22/h2-15,23H,1H3,(H,27,29). The first kappa shape index (κ1) is 20.6. The molecule has 1 N–H and O–H groups in total. The number of amides is 1. The molecule has 0 fully saturated rings. The highest BCUT2D eigenvalue weighted by molar-refractivity contribution is 6.31. The van der Waals surface area contributed by atoms with Crippen LogP contribution in [0.1, 0.15) is 27.7 Å². The van der Waals surface area contributed by atoms with Crippen molar-refractivity contribution < 1.29 is 14.3 Å². The number of esters is 1. The molecule has 0 aliphatic heterocycles. The van der Waals surface area contributed by atoms with Gasteiger partial charge in [-0.1, -0.05) is 72.3 Å². The molecule has 1 aromatic heterocycles. The summed E-state index contributed by atoms with van der Waals surface area (Å²) < 4.78 is 5.61. The van der Waals surface area contributed by atoms with Crippen LogP contribution in [0.4, 0.5) is 5.69 Å². The average Bonchev–Trinajstić information content (AvgIpc) is 2.80. The Bertz CT molecular complexity index is 1260. The van der Waals surface area contributed by atoms with E-state index in [0.717, 1.165) is 10.9 Å². The maximum Gasteiger partial charge on any atom is 0.358 e. The number of ether oxygens (including phenoxy) is 1. The van der Waals surface area contributed by atoms with Crippen molar-refractivity contribution in [1.82, 2.24) is 4.98 Å². The Morgan fingerprint density at radius 3 is 2.45 bits per heavy atom. The normalized spacial score (nSPS) is 11.7. The van der Waals surface area contributed by atoms with Gasteiger partial charge in [0.05, 0.1) is 5.52 Å². The van der Waals surface area contributed by atoms with E-state index in [1.54, 1.807) is 54.6 Å². The van der Waals surface area contributed by atoms with Gasteiger partial charge >= 0.3 is 5.97 Å². The van der Waals surface area contributed by atoms with Crippen LogP contribution in [0.5, 0.6) is 0 Å². The summed E-state index contributed by atoms with van der Waals surface area (Å²) in [5, 5.41) is 4.22. The van der Waals surface area contributed by atoms with Crippen molar-refractivity contribution in [3.05, 3.63) is 107 Å². The molecular weight excluding hydrogens is 412 g/mol. The zero-order valence-corrected chi connectivity index (χ0v) is 17.5. The van der Waals surface area contributed by atoms with E-state index in [1.165, 1.54) is 0 Å². The SMILES string of the molecule is Cc1ccc(NC(=O)C(OC(=O)c2ccc3ccccc3n2)c2ccccc2)cc1Cl. The highest BCUT2D eigenvalue weighted by Gasteiger charge is 2.26. The number of aromatic nitrogens is 1. The van der Waals surface area contributed by atoms with Crippen molar-refractivity contribution in [2.75, 3.05) is 5.32 Å². The minimum absolute atomic E-state index is 0.130. The van der Waals surface area contributed by atoms with Crippen molar-refractivity contribution in [2.24, 2.45) is 0 Å². The predicted octanol–water partition coefficient (Wildman–Crippen LogP) is 5.73. The van der Waals surface area contributed by atoms with E-state index in [9.17, 15) is 9.59 Å². The van der Waals surface area contributed by atoms with Crippen LogP contribution in [0.3, 0.4) is 0 Å². The molecule has 0 radical (unpaired) electrons. The number of rotatable bonds is 5. The first-order chi connectivity index (χ1) is 15.0. The number of anilines is 1. The summed E-state index contributed by atoms with van der Waals surface area (Å²) in [4.78, 5) is 30.2. The molecular formula is C25H19ClN2O3. The first-order valence-corrected chi connectivity index (χ1v) is 10.1. The van der Waals surface area contributed by atoms with E-state index in [0.29, 0.717) is 21.8 Å². The van der Waals surface area contributed by atoms with Crippen molar-refractivity contribution >= 4 is 40.1 Å². The largest absolute Gasteiger partial charge is 0.443 e. The van der Waals surface area contributed by atoms with E-state index in [2.05, 4.69) is 10.3 Å². The molecule has 5 nitrogen and oxygen atoms in total. The molecule has 31 heavy (non-hydrogen) atoms. The number of halogens is 1. The zero-order chi connectivity index (χ0) is 21.8. The van der Waals surface area contributed by atoms with E-state index in [4.69, 9.17) is 16.3 Å². The molecule has 1 unspecified atom stereocenters. The predicted molar refractivity (Wildman–Crippen MR) is 121 cm³/mol. The number of benzene rings is 3. The molecule has 6 heteroatoms. The Morgan fingerprint density at radius 2 is 1.68 bits per heavy atom. The summed E-state index contributed by atoms with van der Waals surface area (Å²) in [7, 11) is 0. The van der Waals surface area contributed by atoms with Gasteiger partial charge in [-0.05, 0) is 36.8 Å². The van der Waals surface area contributed by atoms with E-state index in [1.807, 2.05) is 37.3 Å². The summed E-state index contributed by atoms with van der Waals surface area (Å²) in [6.45, 7) is 1.87. The third kappa shape index (κ3) is 4.73. The number of hydrogen-bond acceptors (Lipinski definition) is 4. The van der Waals surface area contributed by atoms with Gasteiger partial charge in [0.1, 0.15) is 5.69 Å². The summed E-state index contributed by atoms with van der Waals surface area (Å²) in [5.41, 5.74) is 2.76. The first-order valence-electron chi connectivity index (χ1n) is 9.70. The number of para-hydroxylation sites is 1. The number of pyridine rings is 1. The fraction of sp³-hybridized carbons (Fsp3) is 0.0800. The smallest absolute Gasteiger partial charge is 0.358 e. The number of aryl methyl sites for hydroxylation is 1. The maximum absolute atomic E-state index is 13.0. The van der Waals surface area contributed by atoms with Gasteiger partial charge in [0.2, 0.25) is 6.10 Å². The fourth-order valence-corrected chi connectivity index (χ4v) is 3.31. The number of carbonyl (C=O) groups is 2. The monoisotopic (exact) mass is 430 g/mol. The molecule has 0 bridgehead atoms. The Kier molecular flexibility index (Phi) is 5.96. The van der Waals surface area contributed by atoms with Gasteiger partial charge in [-0.15, -0.1) is 0 Å². The second-order valence-electron chi connectivity index (χ2n) is 7.04. The summed E-state index contributed by atoms with van der Waals surface area (Å²) in [5.74, 6) is -1.17. The molecule has 4 rings (SSSR count). The Hall–Kier alpha value is -3.70. The highest BCUT2D eigenvalue weighted by Crippen LogP contribution is 2.24. The lowest BCUT2D eigenvalue weighted by Crippen LogP contribution is -2.26. The van der Waals surface area contributed by atoms with Gasteiger partial charge in [-0.2, -0.15) is 0 Å². The molecule has 154 valence electrons. The molecule has 0 saturated carbocycles. The van der Waals surface area contributed by atoms with Gasteiger partial charge in [0.15, 0.2) is 0 Å². The van der Waals surface area contributed by atoms with Crippen LogP contribution in [-0.2, 0) is 9.53 Å². The van der Waals surface area contributed by atoms with Crippen LogP contribution in [0, 0.1) is 6.92 Å². The molecule has 0 aliphatic carbocycles. The highest BCUT2D eigenvalue weighted by atomic mass is 35.5. The Morgan fingerprint density at radius 1 is 0.935 bits per heavy atom. The molecule has 0 saturated heterocycles. The maximum atomic E-state index is 13.0. The van der Waals surface area contributed by atoms with E-state index < -0.39 is 18.0 Å². The Labute approximate surface area is 184 Å². The van der Waals surface area contributed by atoms with E-state index in [-0.39, 0.29) is 5.69 Å². The van der Waals surface area contributed by atoms with Crippen molar-refractivity contribution in [2.45, 2.75) is 13.0 Å². The fourth-order valence-electron chi connectivity index (χ4n) is 3.13. The molecule has 1 atom stereocenters. The Balaban J connectivity index is 1.60. The minimum atomic E-state index is -1.15. The van der Waals surface area contributed by atoms with Crippen LogP contribution < -0.4 is 5.32 Å². The van der Waals surface area contributed by atoms with Crippen LogP contribution in [0.15, 0.2) is 84.9 Å². The summed E-state index contributed by atoms with van der Waals surface area (Å²) >= 11 is 6.16. The number of carbonyl (C=O) groups excluding carboxylic acids is 2. The van der Waals surface area contributed by atoms with Crippen LogP contribution in [0.2, 0.25) is 5.02 Å². The lowest BCUT2D eigenvalue weighted by molar-refractivity contribution is -0.125. The van der Waals surface area contributed by atoms with Gasteiger partial charge in [0.25, 0.3) is 5.91 Å². The summed E-state index contributed by atoms with van der Waals surface area (Å²) in [6, 6.07) is 24.9. The quantitative estimate of drug-likeness (QED) is 0.410. The third-order valence-corrected chi connectivity index (χ3v) is 5.22. The number of hydrogen-bond donors (Lipinski definition) is 1. The molecule has 0 aliphatic rings. The van der Waals surface area contributed by atoms with Crippen molar-refractivity contribution in [3.63, 3.8) is 0 Å². The van der Waals surface area contributed by atoms with Gasteiger partial charge in [-0.3, -0.25) is 4.79 Å². The topological polar surface area (TPSA) is 68.3 Å². The average molecular weight is 431 g/mol. The lowest BCUT2D eigenvalue weighted by Gasteiger charge is -2.18. The molecule has 1 amide bonds.